The first-order valence-corrected chi connectivity index (χ1v) is 6.49. The second kappa shape index (κ2) is 5.58. The van der Waals surface area contributed by atoms with Crippen molar-refractivity contribution >= 4 is 0 Å². The number of hydrogen-bond donors (Lipinski definition) is 1. The lowest BCUT2D eigenvalue weighted by atomic mass is 10.0. The van der Waals surface area contributed by atoms with E-state index < -0.39 is 0 Å². The molecule has 1 aliphatic rings. The highest BCUT2D eigenvalue weighted by atomic mass is 19.1. The second-order valence-electron chi connectivity index (χ2n) is 5.35. The Morgan fingerprint density at radius 1 is 1.47 bits per heavy atom. The molecule has 1 heterocycles. The van der Waals surface area contributed by atoms with Crippen LogP contribution in [0.2, 0.25) is 0 Å². The van der Waals surface area contributed by atoms with Crippen molar-refractivity contribution in [1.29, 1.82) is 0 Å². The predicted octanol–water partition coefficient (Wildman–Crippen LogP) is 3.31. The zero-order valence-corrected chi connectivity index (χ0v) is 10.6. The SMILES string of the molecule is CC1CCC(CNC(C)c2cncc(F)c2)C1. The first kappa shape index (κ1) is 12.5. The van der Waals surface area contributed by atoms with Gasteiger partial charge in [-0.1, -0.05) is 13.3 Å². The van der Waals surface area contributed by atoms with Crippen LogP contribution in [0.5, 0.6) is 0 Å². The number of nitrogens with zero attached hydrogens (tertiary/aromatic N) is 1. The largest absolute Gasteiger partial charge is 0.310 e. The normalized spacial score (nSPS) is 26.1. The summed E-state index contributed by atoms with van der Waals surface area (Å²) in [4.78, 5) is 3.88. The zero-order chi connectivity index (χ0) is 12.3. The Bertz CT molecular complexity index is 367. The quantitative estimate of drug-likeness (QED) is 0.867. The molecule has 0 spiro atoms. The monoisotopic (exact) mass is 236 g/mol. The maximum Gasteiger partial charge on any atom is 0.141 e. The molecule has 1 saturated carbocycles. The number of hydrogen-bond acceptors (Lipinski definition) is 2. The molecule has 1 fully saturated rings. The molecule has 3 atom stereocenters. The smallest absolute Gasteiger partial charge is 0.141 e. The van der Waals surface area contributed by atoms with Gasteiger partial charge in [0, 0.05) is 12.2 Å². The van der Waals surface area contributed by atoms with Gasteiger partial charge in [-0.2, -0.15) is 0 Å². The average molecular weight is 236 g/mol. The summed E-state index contributed by atoms with van der Waals surface area (Å²) in [6, 6.07) is 1.73. The van der Waals surface area contributed by atoms with Gasteiger partial charge in [-0.25, -0.2) is 4.39 Å². The van der Waals surface area contributed by atoms with E-state index in [4.69, 9.17) is 0 Å². The molecule has 1 aliphatic carbocycles. The third-order valence-corrected chi connectivity index (χ3v) is 3.74. The van der Waals surface area contributed by atoms with E-state index in [1.165, 1.54) is 25.5 Å². The lowest BCUT2D eigenvalue weighted by molar-refractivity contribution is 0.439. The van der Waals surface area contributed by atoms with Gasteiger partial charge in [0.05, 0.1) is 6.20 Å². The van der Waals surface area contributed by atoms with Crippen LogP contribution in [0.4, 0.5) is 4.39 Å². The topological polar surface area (TPSA) is 24.9 Å². The standard InChI is InChI=1S/C14H21FN2/c1-10-3-4-12(5-10)7-17-11(2)13-6-14(15)9-16-8-13/h6,8-12,17H,3-5,7H2,1-2H3. The van der Waals surface area contributed by atoms with Crippen molar-refractivity contribution in [2.24, 2.45) is 11.8 Å². The van der Waals surface area contributed by atoms with Crippen LogP contribution in [-0.2, 0) is 0 Å². The Morgan fingerprint density at radius 2 is 2.29 bits per heavy atom. The van der Waals surface area contributed by atoms with Gasteiger partial charge < -0.3 is 5.32 Å². The van der Waals surface area contributed by atoms with Crippen LogP contribution in [0.3, 0.4) is 0 Å². The van der Waals surface area contributed by atoms with Gasteiger partial charge in [0.2, 0.25) is 0 Å². The van der Waals surface area contributed by atoms with E-state index in [2.05, 4.69) is 24.1 Å². The average Bonchev–Trinajstić information content (AvgIpc) is 2.72. The summed E-state index contributed by atoms with van der Waals surface area (Å²) < 4.78 is 13.0. The molecule has 0 bridgehead atoms. The summed E-state index contributed by atoms with van der Waals surface area (Å²) in [7, 11) is 0. The maximum atomic E-state index is 13.0. The van der Waals surface area contributed by atoms with Gasteiger partial charge in [-0.05, 0) is 49.8 Å². The van der Waals surface area contributed by atoms with E-state index in [9.17, 15) is 4.39 Å². The summed E-state index contributed by atoms with van der Waals surface area (Å²) in [5.74, 6) is 1.40. The molecule has 1 aromatic heterocycles. The predicted molar refractivity (Wildman–Crippen MR) is 67.1 cm³/mol. The molecule has 1 N–H and O–H groups in total. The molecule has 3 heteroatoms. The zero-order valence-electron chi connectivity index (χ0n) is 10.6. The number of pyridine rings is 1. The third kappa shape index (κ3) is 3.50. The van der Waals surface area contributed by atoms with Gasteiger partial charge in [0.15, 0.2) is 0 Å². The first-order valence-electron chi connectivity index (χ1n) is 6.49. The van der Waals surface area contributed by atoms with E-state index in [1.807, 2.05) is 0 Å². The highest BCUT2D eigenvalue weighted by Crippen LogP contribution is 2.30. The molecule has 2 rings (SSSR count). The molecule has 0 aromatic carbocycles. The lowest BCUT2D eigenvalue weighted by Crippen LogP contribution is -2.24. The fraction of sp³-hybridized carbons (Fsp3) is 0.643. The number of halogens is 1. The van der Waals surface area contributed by atoms with Gasteiger partial charge in [0.1, 0.15) is 5.82 Å². The van der Waals surface area contributed by atoms with Crippen molar-refractivity contribution in [2.45, 2.75) is 39.2 Å². The maximum absolute atomic E-state index is 13.0. The number of aromatic nitrogens is 1. The van der Waals surface area contributed by atoms with Crippen molar-refractivity contribution in [3.63, 3.8) is 0 Å². The van der Waals surface area contributed by atoms with Crippen LogP contribution in [0.1, 0.15) is 44.7 Å². The fourth-order valence-corrected chi connectivity index (χ4v) is 2.64. The summed E-state index contributed by atoms with van der Waals surface area (Å²) in [6.07, 6.45) is 6.97. The van der Waals surface area contributed by atoms with Gasteiger partial charge in [-0.3, -0.25) is 4.98 Å². The summed E-state index contributed by atoms with van der Waals surface area (Å²) in [5.41, 5.74) is 0.927. The van der Waals surface area contributed by atoms with Crippen LogP contribution in [0.15, 0.2) is 18.5 Å². The lowest BCUT2D eigenvalue weighted by Gasteiger charge is -2.17. The minimum absolute atomic E-state index is 0.175. The molecule has 0 saturated heterocycles. The molecular weight excluding hydrogens is 215 g/mol. The molecule has 94 valence electrons. The van der Waals surface area contributed by atoms with Crippen molar-refractivity contribution < 1.29 is 4.39 Å². The van der Waals surface area contributed by atoms with E-state index in [0.29, 0.717) is 0 Å². The number of nitrogens with one attached hydrogen (secondary N) is 1. The van der Waals surface area contributed by atoms with E-state index in [0.717, 1.165) is 23.9 Å². The number of rotatable bonds is 4. The van der Waals surface area contributed by atoms with Gasteiger partial charge in [0.25, 0.3) is 0 Å². The molecule has 17 heavy (non-hydrogen) atoms. The van der Waals surface area contributed by atoms with Crippen molar-refractivity contribution in [1.82, 2.24) is 10.3 Å². The summed E-state index contributed by atoms with van der Waals surface area (Å²) in [5, 5.41) is 3.48. The molecule has 3 unspecified atom stereocenters. The highest BCUT2D eigenvalue weighted by molar-refractivity contribution is 5.14. The van der Waals surface area contributed by atoms with Crippen molar-refractivity contribution in [3.8, 4) is 0 Å². The molecule has 0 aliphatic heterocycles. The Kier molecular flexibility index (Phi) is 4.11. The molecular formula is C14H21FN2. The van der Waals surface area contributed by atoms with Crippen LogP contribution in [-0.4, -0.2) is 11.5 Å². The van der Waals surface area contributed by atoms with E-state index in [1.54, 1.807) is 12.3 Å². The molecule has 0 amide bonds. The molecule has 2 nitrogen and oxygen atoms in total. The highest BCUT2D eigenvalue weighted by Gasteiger charge is 2.21. The second-order valence-corrected chi connectivity index (χ2v) is 5.35. The van der Waals surface area contributed by atoms with Gasteiger partial charge >= 0.3 is 0 Å². The minimum atomic E-state index is -0.259. The van der Waals surface area contributed by atoms with Crippen molar-refractivity contribution in [2.75, 3.05) is 6.54 Å². The van der Waals surface area contributed by atoms with Crippen molar-refractivity contribution in [3.05, 3.63) is 29.8 Å². The van der Waals surface area contributed by atoms with Crippen LogP contribution >= 0.6 is 0 Å². The van der Waals surface area contributed by atoms with Gasteiger partial charge in [-0.15, -0.1) is 0 Å². The summed E-state index contributed by atoms with van der Waals surface area (Å²) in [6.45, 7) is 5.41. The Labute approximate surface area is 103 Å². The minimum Gasteiger partial charge on any atom is -0.310 e. The molecule has 0 radical (unpaired) electrons. The Hall–Kier alpha value is -0.960. The Morgan fingerprint density at radius 3 is 2.94 bits per heavy atom. The first-order chi connectivity index (χ1) is 8.15. The van der Waals surface area contributed by atoms with Crippen LogP contribution < -0.4 is 5.32 Å². The fourth-order valence-electron chi connectivity index (χ4n) is 2.64. The van der Waals surface area contributed by atoms with Crippen LogP contribution in [0, 0.1) is 17.7 Å². The summed E-state index contributed by atoms with van der Waals surface area (Å²) >= 11 is 0. The Balaban J connectivity index is 1.83. The molecule has 1 aromatic rings. The van der Waals surface area contributed by atoms with Crippen LogP contribution in [0.25, 0.3) is 0 Å². The van der Waals surface area contributed by atoms with E-state index in [-0.39, 0.29) is 11.9 Å². The third-order valence-electron chi connectivity index (χ3n) is 3.74. The van der Waals surface area contributed by atoms with E-state index >= 15 is 0 Å².